The summed E-state index contributed by atoms with van der Waals surface area (Å²) in [5.41, 5.74) is -0.617. The van der Waals surface area contributed by atoms with E-state index in [4.69, 9.17) is 4.74 Å². The lowest BCUT2D eigenvalue weighted by Crippen LogP contribution is -2.22. The van der Waals surface area contributed by atoms with Crippen LogP contribution in [0.1, 0.15) is 26.4 Å². The Morgan fingerprint density at radius 3 is 2.15 bits per heavy atom. The van der Waals surface area contributed by atoms with Gasteiger partial charge in [0, 0.05) is 43.0 Å². The minimum absolute atomic E-state index is 0.0396. The number of pyridine rings is 2. The van der Waals surface area contributed by atoms with Crippen LogP contribution in [0, 0.1) is 0 Å². The van der Waals surface area contributed by atoms with E-state index in [1.165, 1.54) is 56.0 Å². The minimum Gasteiger partial charge on any atom is -0.457 e. The van der Waals surface area contributed by atoms with E-state index in [0.717, 1.165) is 18.2 Å². The van der Waals surface area contributed by atoms with Crippen molar-refractivity contribution in [2.24, 2.45) is 0 Å². The molecule has 13 heteroatoms. The highest BCUT2D eigenvalue weighted by molar-refractivity contribution is 6.08. The number of hydrogen-bond donors (Lipinski definition) is 4. The van der Waals surface area contributed by atoms with Gasteiger partial charge >= 0.3 is 12.2 Å². The van der Waals surface area contributed by atoms with Gasteiger partial charge in [-0.3, -0.25) is 19.6 Å². The highest BCUT2D eigenvalue weighted by Gasteiger charge is 2.31. The maximum Gasteiger partial charge on any atom is 0.416 e. The summed E-state index contributed by atoms with van der Waals surface area (Å²) in [7, 11) is 1.48. The van der Waals surface area contributed by atoms with Crippen molar-refractivity contribution in [2.75, 3.05) is 23.0 Å². The van der Waals surface area contributed by atoms with Crippen LogP contribution in [-0.4, -0.2) is 34.9 Å². The molecule has 40 heavy (non-hydrogen) atoms. The van der Waals surface area contributed by atoms with Crippen molar-refractivity contribution in [3.05, 3.63) is 102 Å². The van der Waals surface area contributed by atoms with Crippen molar-refractivity contribution in [3.63, 3.8) is 0 Å². The van der Waals surface area contributed by atoms with Crippen LogP contribution in [-0.2, 0) is 6.18 Å². The third kappa shape index (κ3) is 7.10. The van der Waals surface area contributed by atoms with Crippen molar-refractivity contribution in [3.8, 4) is 11.5 Å². The Morgan fingerprint density at radius 2 is 1.48 bits per heavy atom. The third-order valence-electron chi connectivity index (χ3n) is 5.32. The van der Waals surface area contributed by atoms with E-state index in [9.17, 15) is 27.6 Å². The molecule has 204 valence electrons. The van der Waals surface area contributed by atoms with Crippen LogP contribution in [0.15, 0.2) is 85.3 Å². The first kappa shape index (κ1) is 27.6. The zero-order valence-corrected chi connectivity index (χ0v) is 20.7. The van der Waals surface area contributed by atoms with E-state index in [2.05, 4.69) is 31.2 Å². The average molecular weight is 550 g/mol. The number of carbonyl (C=O) groups is 3. The lowest BCUT2D eigenvalue weighted by atomic mass is 10.1. The molecule has 0 unspecified atom stereocenters. The Bertz CT molecular complexity index is 1530. The summed E-state index contributed by atoms with van der Waals surface area (Å²) in [5, 5.41) is 9.83. The molecule has 0 atom stereocenters. The molecule has 4 aromatic rings. The molecule has 0 aliphatic carbocycles. The predicted octanol–water partition coefficient (Wildman–Crippen LogP) is 5.54. The second kappa shape index (κ2) is 11.9. The molecular weight excluding hydrogens is 529 g/mol. The van der Waals surface area contributed by atoms with Crippen LogP contribution in [0.5, 0.6) is 11.5 Å². The van der Waals surface area contributed by atoms with Crippen molar-refractivity contribution in [1.82, 2.24) is 15.3 Å². The fourth-order valence-electron chi connectivity index (χ4n) is 3.38. The summed E-state index contributed by atoms with van der Waals surface area (Å²) in [4.78, 5) is 44.7. The van der Waals surface area contributed by atoms with Gasteiger partial charge in [0.15, 0.2) is 0 Å². The molecule has 4 rings (SSSR count). The zero-order valence-electron chi connectivity index (χ0n) is 20.7. The van der Waals surface area contributed by atoms with E-state index in [1.54, 1.807) is 18.2 Å². The van der Waals surface area contributed by atoms with Gasteiger partial charge in [-0.25, -0.2) is 4.79 Å². The van der Waals surface area contributed by atoms with Crippen LogP contribution in [0.3, 0.4) is 0 Å². The standard InChI is InChI=1S/C27H21F3N6O4/c1-31-25(38)23-15-20(10-13-33-23)40-19-5-3-18(4-6-19)34-26(39)36-22-14-17(27(28,29)30)2-7-21(22)35-24(37)16-8-11-32-12-9-16/h2-15H,1H3,(H,31,38)(H,35,37)(H2,34,36,39). The fourth-order valence-corrected chi connectivity index (χ4v) is 3.38. The van der Waals surface area contributed by atoms with E-state index in [-0.39, 0.29) is 28.5 Å². The Morgan fingerprint density at radius 1 is 0.750 bits per heavy atom. The number of nitrogens with zero attached hydrogens (tertiary/aromatic N) is 2. The quantitative estimate of drug-likeness (QED) is 0.239. The Hall–Kier alpha value is -5.46. The molecule has 0 radical (unpaired) electrons. The monoisotopic (exact) mass is 550 g/mol. The Balaban J connectivity index is 1.46. The molecule has 4 N–H and O–H groups in total. The number of aromatic nitrogens is 2. The first-order chi connectivity index (χ1) is 19.1. The summed E-state index contributed by atoms with van der Waals surface area (Å²) in [5.74, 6) is -0.230. The van der Waals surface area contributed by atoms with Crippen molar-refractivity contribution in [1.29, 1.82) is 0 Å². The summed E-state index contributed by atoms with van der Waals surface area (Å²) in [6.07, 6.45) is -0.471. The van der Waals surface area contributed by atoms with Gasteiger partial charge < -0.3 is 26.0 Å². The first-order valence-electron chi connectivity index (χ1n) is 11.6. The van der Waals surface area contributed by atoms with Gasteiger partial charge in [0.25, 0.3) is 11.8 Å². The van der Waals surface area contributed by atoms with Crippen LogP contribution < -0.4 is 26.0 Å². The van der Waals surface area contributed by atoms with Gasteiger partial charge in [0.05, 0.1) is 16.9 Å². The number of ether oxygens (including phenoxy) is 1. The average Bonchev–Trinajstić information content (AvgIpc) is 2.94. The second-order valence-corrected chi connectivity index (χ2v) is 8.11. The highest BCUT2D eigenvalue weighted by Crippen LogP contribution is 2.34. The number of anilines is 3. The van der Waals surface area contributed by atoms with Crippen molar-refractivity contribution >= 4 is 34.9 Å². The number of urea groups is 1. The molecule has 10 nitrogen and oxygen atoms in total. The summed E-state index contributed by atoms with van der Waals surface area (Å²) < 4.78 is 45.7. The Labute approximate surface area is 225 Å². The summed E-state index contributed by atoms with van der Waals surface area (Å²) >= 11 is 0. The van der Waals surface area contributed by atoms with Crippen molar-refractivity contribution < 1.29 is 32.3 Å². The maximum atomic E-state index is 13.3. The topological polar surface area (TPSA) is 134 Å². The highest BCUT2D eigenvalue weighted by atomic mass is 19.4. The Kier molecular flexibility index (Phi) is 8.23. The lowest BCUT2D eigenvalue weighted by Gasteiger charge is -2.16. The number of hydrogen-bond acceptors (Lipinski definition) is 6. The number of carbonyl (C=O) groups excluding carboxylic acids is 3. The third-order valence-corrected chi connectivity index (χ3v) is 5.32. The van der Waals surface area contributed by atoms with Gasteiger partial charge in [-0.15, -0.1) is 0 Å². The number of halogens is 3. The van der Waals surface area contributed by atoms with E-state index >= 15 is 0 Å². The smallest absolute Gasteiger partial charge is 0.416 e. The lowest BCUT2D eigenvalue weighted by molar-refractivity contribution is -0.137. The van der Waals surface area contributed by atoms with Gasteiger partial charge in [-0.1, -0.05) is 0 Å². The molecule has 0 saturated heterocycles. The summed E-state index contributed by atoms with van der Waals surface area (Å²) in [6.45, 7) is 0. The number of amides is 4. The molecule has 0 aliphatic rings. The van der Waals surface area contributed by atoms with Gasteiger partial charge in [-0.05, 0) is 60.7 Å². The first-order valence-corrected chi connectivity index (χ1v) is 11.6. The fraction of sp³-hybridized carbons (Fsp3) is 0.0741. The van der Waals surface area contributed by atoms with Crippen LogP contribution in [0.2, 0.25) is 0 Å². The molecule has 0 bridgehead atoms. The predicted molar refractivity (Wildman–Crippen MR) is 140 cm³/mol. The van der Waals surface area contributed by atoms with Crippen LogP contribution in [0.4, 0.5) is 35.0 Å². The number of benzene rings is 2. The van der Waals surface area contributed by atoms with E-state index < -0.39 is 23.7 Å². The number of nitrogens with one attached hydrogen (secondary N) is 4. The molecule has 2 heterocycles. The molecular formula is C27H21F3N6O4. The van der Waals surface area contributed by atoms with E-state index in [1.807, 2.05) is 0 Å². The minimum atomic E-state index is -4.67. The van der Waals surface area contributed by atoms with Gasteiger partial charge in [0.2, 0.25) is 0 Å². The normalized spacial score (nSPS) is 10.8. The van der Waals surface area contributed by atoms with E-state index in [0.29, 0.717) is 17.2 Å². The van der Waals surface area contributed by atoms with Gasteiger partial charge in [-0.2, -0.15) is 13.2 Å². The largest absolute Gasteiger partial charge is 0.457 e. The zero-order chi connectivity index (χ0) is 28.7. The van der Waals surface area contributed by atoms with Crippen LogP contribution >= 0.6 is 0 Å². The summed E-state index contributed by atoms with van der Waals surface area (Å²) in [6, 6.07) is 13.7. The molecule has 0 fully saturated rings. The second-order valence-electron chi connectivity index (χ2n) is 8.11. The van der Waals surface area contributed by atoms with Crippen LogP contribution in [0.25, 0.3) is 0 Å². The van der Waals surface area contributed by atoms with Crippen molar-refractivity contribution in [2.45, 2.75) is 6.18 Å². The van der Waals surface area contributed by atoms with Gasteiger partial charge in [0.1, 0.15) is 17.2 Å². The molecule has 2 aromatic carbocycles. The molecule has 4 amide bonds. The molecule has 0 saturated carbocycles. The number of rotatable bonds is 7. The number of alkyl halides is 3. The SMILES string of the molecule is CNC(=O)c1cc(Oc2ccc(NC(=O)Nc3cc(C(F)(F)F)ccc3NC(=O)c3ccncc3)cc2)ccn1. The molecule has 2 aromatic heterocycles. The molecule has 0 spiro atoms. The maximum absolute atomic E-state index is 13.3. The molecule has 0 aliphatic heterocycles.